The highest BCUT2D eigenvalue weighted by atomic mass is 16.6. The quantitative estimate of drug-likeness (QED) is 0.487. The van der Waals surface area contributed by atoms with E-state index in [4.69, 9.17) is 5.26 Å². The lowest BCUT2D eigenvalue weighted by Crippen LogP contribution is -2.05. The summed E-state index contributed by atoms with van der Waals surface area (Å²) in [7, 11) is 0. The van der Waals surface area contributed by atoms with Crippen LogP contribution in [0.1, 0.15) is 34.0 Å². The zero-order valence-electron chi connectivity index (χ0n) is 12.7. The van der Waals surface area contributed by atoms with Gasteiger partial charge in [-0.2, -0.15) is 5.26 Å². The Kier molecular flexibility index (Phi) is 5.96. The fraction of sp³-hybridized carbons (Fsp3) is 0.176. The minimum atomic E-state index is -0.431. The third-order valence-electron chi connectivity index (χ3n) is 3.02. The Labute approximate surface area is 129 Å². The zero-order valence-corrected chi connectivity index (χ0v) is 12.7. The normalized spacial score (nSPS) is 9.18. The summed E-state index contributed by atoms with van der Waals surface area (Å²) in [6.07, 6.45) is 0. The van der Waals surface area contributed by atoms with Crippen LogP contribution in [0, 0.1) is 35.3 Å². The largest absolute Gasteiger partial charge is 0.289 e. The molecule has 0 aliphatic rings. The molecule has 0 N–H and O–H groups in total. The molecule has 0 saturated heterocycles. The Balaban J connectivity index is 0.000000745. The molecule has 0 aromatic heterocycles. The molecule has 5 heteroatoms. The van der Waals surface area contributed by atoms with Crippen LogP contribution in [0.5, 0.6) is 0 Å². The van der Waals surface area contributed by atoms with Crippen molar-refractivity contribution in [3.8, 4) is 6.07 Å². The fourth-order valence-electron chi connectivity index (χ4n) is 1.99. The molecule has 2 aromatic rings. The molecule has 0 radical (unpaired) electrons. The molecular formula is C17H16N2O3. The highest BCUT2D eigenvalue weighted by Gasteiger charge is 2.18. The van der Waals surface area contributed by atoms with E-state index in [-0.39, 0.29) is 11.5 Å². The fourth-order valence-corrected chi connectivity index (χ4v) is 1.99. The topological polar surface area (TPSA) is 84.0 Å². The summed E-state index contributed by atoms with van der Waals surface area (Å²) < 4.78 is 0. The molecular weight excluding hydrogens is 280 g/mol. The van der Waals surface area contributed by atoms with Crippen LogP contribution in [0.15, 0.2) is 42.5 Å². The minimum absolute atomic E-state index is 0.0436. The number of benzene rings is 2. The van der Waals surface area contributed by atoms with Gasteiger partial charge in [0.25, 0.3) is 5.69 Å². The summed E-state index contributed by atoms with van der Waals surface area (Å²) in [5, 5.41) is 18.2. The van der Waals surface area contributed by atoms with E-state index in [1.165, 1.54) is 13.0 Å². The summed E-state index contributed by atoms with van der Waals surface area (Å²) in [5.74, 6) is -0.115. The average molecular weight is 296 g/mol. The first-order valence-corrected chi connectivity index (χ1v) is 6.58. The summed E-state index contributed by atoms with van der Waals surface area (Å²) in [6, 6.07) is 13.7. The van der Waals surface area contributed by atoms with Crippen molar-refractivity contribution < 1.29 is 9.72 Å². The van der Waals surface area contributed by atoms with E-state index < -0.39 is 4.92 Å². The second-order valence-electron chi connectivity index (χ2n) is 4.63. The first kappa shape index (κ1) is 17.1. The van der Waals surface area contributed by atoms with Gasteiger partial charge in [-0.05, 0) is 25.5 Å². The van der Waals surface area contributed by atoms with E-state index in [0.29, 0.717) is 22.3 Å². The van der Waals surface area contributed by atoms with Crippen LogP contribution in [-0.4, -0.2) is 10.7 Å². The maximum absolute atomic E-state index is 12.3. The third-order valence-corrected chi connectivity index (χ3v) is 3.02. The van der Waals surface area contributed by atoms with Crippen molar-refractivity contribution in [1.82, 2.24) is 0 Å². The van der Waals surface area contributed by atoms with Crippen LogP contribution in [0.2, 0.25) is 0 Å². The highest BCUT2D eigenvalue weighted by Crippen LogP contribution is 2.24. The van der Waals surface area contributed by atoms with E-state index in [1.54, 1.807) is 50.2 Å². The molecule has 0 spiro atoms. The van der Waals surface area contributed by atoms with Gasteiger partial charge in [-0.15, -0.1) is 0 Å². The molecule has 0 unspecified atom stereocenters. The van der Waals surface area contributed by atoms with Gasteiger partial charge in [0.2, 0.25) is 0 Å². The summed E-state index contributed by atoms with van der Waals surface area (Å²) >= 11 is 0. The number of carbonyl (C=O) groups excluding carboxylic acids is 1. The Hall–Kier alpha value is -3.00. The van der Waals surface area contributed by atoms with Gasteiger partial charge in [-0.3, -0.25) is 14.9 Å². The van der Waals surface area contributed by atoms with E-state index in [9.17, 15) is 14.9 Å². The van der Waals surface area contributed by atoms with Gasteiger partial charge in [-0.1, -0.05) is 30.3 Å². The summed E-state index contributed by atoms with van der Waals surface area (Å²) in [6.45, 7) is 4.78. The lowest BCUT2D eigenvalue weighted by molar-refractivity contribution is -0.385. The molecule has 0 amide bonds. The number of hydrogen-bond acceptors (Lipinski definition) is 4. The smallest absolute Gasteiger partial charge is 0.272 e. The van der Waals surface area contributed by atoms with Crippen LogP contribution in [0.25, 0.3) is 0 Å². The summed E-state index contributed by atoms with van der Waals surface area (Å²) in [5.41, 5.74) is 2.25. The summed E-state index contributed by atoms with van der Waals surface area (Å²) in [4.78, 5) is 22.7. The van der Waals surface area contributed by atoms with E-state index >= 15 is 0 Å². The standard InChI is InChI=1S/C15H13NO3.C2H3N/c1-10-9-14(16(18)19)11(2)8-13(10)15(17)12-6-4-3-5-7-12;1-2-3/h3-9H,1-2H3;1H3. The van der Waals surface area contributed by atoms with Crippen LogP contribution in [0.4, 0.5) is 5.69 Å². The molecule has 2 aromatic carbocycles. The number of aryl methyl sites for hydroxylation is 2. The van der Waals surface area contributed by atoms with Crippen LogP contribution in [0.3, 0.4) is 0 Å². The first-order chi connectivity index (χ1) is 10.4. The maximum Gasteiger partial charge on any atom is 0.272 e. The molecule has 0 aliphatic carbocycles. The monoisotopic (exact) mass is 296 g/mol. The van der Waals surface area contributed by atoms with Gasteiger partial charge in [0.05, 0.1) is 11.0 Å². The number of rotatable bonds is 3. The third kappa shape index (κ3) is 4.00. The van der Waals surface area contributed by atoms with Gasteiger partial charge >= 0.3 is 0 Å². The molecule has 0 heterocycles. The molecule has 0 bridgehead atoms. The average Bonchev–Trinajstić information content (AvgIpc) is 2.50. The number of carbonyl (C=O) groups is 1. The van der Waals surface area contributed by atoms with Gasteiger partial charge in [0.1, 0.15) is 0 Å². The van der Waals surface area contributed by atoms with Crippen molar-refractivity contribution in [3.05, 3.63) is 74.8 Å². The Morgan fingerprint density at radius 2 is 1.68 bits per heavy atom. The number of ketones is 1. The Morgan fingerprint density at radius 3 is 2.18 bits per heavy atom. The van der Waals surface area contributed by atoms with Crippen LogP contribution < -0.4 is 0 Å². The van der Waals surface area contributed by atoms with Crippen LogP contribution in [-0.2, 0) is 0 Å². The van der Waals surface area contributed by atoms with Crippen molar-refractivity contribution in [2.75, 3.05) is 0 Å². The zero-order chi connectivity index (χ0) is 16.7. The number of nitriles is 1. The van der Waals surface area contributed by atoms with Crippen molar-refractivity contribution in [2.45, 2.75) is 20.8 Å². The lowest BCUT2D eigenvalue weighted by Gasteiger charge is -2.07. The molecule has 5 nitrogen and oxygen atoms in total. The first-order valence-electron chi connectivity index (χ1n) is 6.58. The van der Waals surface area contributed by atoms with Gasteiger partial charge in [0.15, 0.2) is 5.78 Å². The predicted molar refractivity (Wildman–Crippen MR) is 83.7 cm³/mol. The number of nitro benzene ring substituents is 1. The number of nitro groups is 1. The van der Waals surface area contributed by atoms with Crippen molar-refractivity contribution in [2.24, 2.45) is 0 Å². The maximum atomic E-state index is 12.3. The van der Waals surface area contributed by atoms with E-state index in [2.05, 4.69) is 0 Å². The minimum Gasteiger partial charge on any atom is -0.289 e. The Bertz CT molecular complexity index is 732. The second kappa shape index (κ2) is 7.70. The molecule has 22 heavy (non-hydrogen) atoms. The number of nitrogens with zero attached hydrogens (tertiary/aromatic N) is 2. The SMILES string of the molecule is CC#N.Cc1cc([N+](=O)[O-])c(C)cc1C(=O)c1ccccc1. The molecule has 0 fully saturated rings. The molecule has 0 atom stereocenters. The van der Waals surface area contributed by atoms with Gasteiger partial charge in [-0.25, -0.2) is 0 Å². The molecule has 0 aliphatic heterocycles. The molecule has 112 valence electrons. The van der Waals surface area contributed by atoms with E-state index in [0.717, 1.165) is 0 Å². The Morgan fingerprint density at radius 1 is 1.14 bits per heavy atom. The predicted octanol–water partition coefficient (Wildman–Crippen LogP) is 3.97. The highest BCUT2D eigenvalue weighted by molar-refractivity contribution is 6.10. The van der Waals surface area contributed by atoms with Crippen molar-refractivity contribution >= 4 is 11.5 Å². The molecule has 0 saturated carbocycles. The van der Waals surface area contributed by atoms with Crippen molar-refractivity contribution in [1.29, 1.82) is 5.26 Å². The second-order valence-corrected chi connectivity index (χ2v) is 4.63. The van der Waals surface area contributed by atoms with Gasteiger partial charge in [0, 0.05) is 29.7 Å². The lowest BCUT2D eigenvalue weighted by atomic mass is 9.96. The van der Waals surface area contributed by atoms with Crippen molar-refractivity contribution in [3.63, 3.8) is 0 Å². The van der Waals surface area contributed by atoms with E-state index in [1.807, 2.05) is 6.07 Å². The number of hydrogen-bond donors (Lipinski definition) is 0. The molecule has 2 rings (SSSR count). The van der Waals surface area contributed by atoms with Gasteiger partial charge < -0.3 is 0 Å². The van der Waals surface area contributed by atoms with Crippen LogP contribution >= 0.6 is 0 Å².